The molecule has 0 fully saturated rings. The normalized spacial score (nSPS) is 12.0. The number of carbonyl (C=O) groups is 3. The quantitative estimate of drug-likeness (QED) is 0.0297. The second-order valence-electron chi connectivity index (χ2n) is 26.1. The Kier molecular flexibility index (Phi) is 20.2. The van der Waals surface area contributed by atoms with E-state index in [1.54, 1.807) is 97.1 Å². The fourth-order valence-corrected chi connectivity index (χ4v) is 13.3. The van der Waals surface area contributed by atoms with Gasteiger partial charge in [-0.15, -0.1) is 0 Å². The molecule has 0 heterocycles. The molecule has 0 saturated carbocycles. The number of benzene rings is 11. The van der Waals surface area contributed by atoms with Crippen LogP contribution in [0.25, 0.3) is 11.1 Å². The number of aromatic carboxylic acids is 3. The van der Waals surface area contributed by atoms with E-state index in [9.17, 15) is 50.1 Å². The summed E-state index contributed by atoms with van der Waals surface area (Å²) in [5, 5.41) is 74.2. The lowest BCUT2D eigenvalue weighted by atomic mass is 9.77. The Labute approximate surface area is 577 Å². The summed E-state index contributed by atoms with van der Waals surface area (Å²) >= 11 is 0. The number of carboxylic acids is 3. The van der Waals surface area contributed by atoms with Crippen LogP contribution < -0.4 is 14.2 Å². The van der Waals surface area contributed by atoms with Gasteiger partial charge in [0, 0.05) is 45.9 Å². The summed E-state index contributed by atoms with van der Waals surface area (Å²) in [7, 11) is 0. The van der Waals surface area contributed by atoms with Gasteiger partial charge in [0.05, 0.1) is 16.7 Å². The summed E-state index contributed by atoms with van der Waals surface area (Å²) in [6, 6.07) is 61.8. The number of carboxylic acid groups (broad SMARTS) is 3. The molecule has 99 heavy (non-hydrogen) atoms. The molecule has 11 aromatic rings. The Morgan fingerprint density at radius 2 is 0.616 bits per heavy atom. The van der Waals surface area contributed by atoms with Gasteiger partial charge in [0.2, 0.25) is 0 Å². The van der Waals surface area contributed by atoms with Crippen molar-refractivity contribution in [2.45, 2.75) is 113 Å². The minimum Gasteiger partial charge on any atom is -0.508 e. The Morgan fingerprint density at radius 1 is 0.313 bits per heavy atom. The topological polar surface area (TPSA) is 221 Å². The van der Waals surface area contributed by atoms with Crippen LogP contribution in [0.5, 0.6) is 40.2 Å². The molecule has 0 bridgehead atoms. The monoisotopic (exact) mass is 1320 g/mol. The molecule has 13 nitrogen and oxygen atoms in total. The number of aromatic hydroxyl groups is 4. The fourth-order valence-electron chi connectivity index (χ4n) is 13.3. The Bertz CT molecular complexity index is 4510. The highest BCUT2D eigenvalue weighted by molar-refractivity contribution is 5.88. The van der Waals surface area contributed by atoms with E-state index in [1.807, 2.05) is 110 Å². The lowest BCUT2D eigenvalue weighted by Crippen LogP contribution is -2.13. The molecule has 7 N–H and O–H groups in total. The molecule has 11 rings (SSSR count). The molecule has 0 saturated heterocycles. The Balaban J connectivity index is 1.15. The van der Waals surface area contributed by atoms with E-state index in [1.165, 1.54) is 0 Å². The molecule has 0 aliphatic heterocycles. The molecule has 2 atom stereocenters. The molecule has 2 unspecified atom stereocenters. The first-order valence-corrected chi connectivity index (χ1v) is 32.9. The first-order valence-electron chi connectivity index (χ1n) is 32.9. The first-order chi connectivity index (χ1) is 47.3. The second-order valence-corrected chi connectivity index (χ2v) is 26.1. The number of phenols is 4. The molecule has 0 aliphatic rings. The molecule has 13 heteroatoms. The van der Waals surface area contributed by atoms with E-state index in [-0.39, 0.29) is 59.5 Å². The highest BCUT2D eigenvalue weighted by Crippen LogP contribution is 2.50. The van der Waals surface area contributed by atoms with E-state index < -0.39 is 41.6 Å². The standard InChI is InChI=1S/C86H80O13/c1-47-36-75(87)51(5)32-67(47)81(68-33-52(6)76(88)37-48(68)2)73-40-64(28-30-79(73)97-44-57-16-22-61(23-17-57)84(91)92)55(9)71-42-66(60-14-12-11-13-15-60)43-72(83(71)99-46-59-20-26-63(27-21-59)86(95)96)56(10)65-29-31-80(98-45-58-18-24-62(25-19-58)85(93)94)74(41-65)82(69-34-53(7)77(89)38-49(69)3)70-35-54(8)78(90)39-50(70)4/h11-43,55-56,81-82,87-90H,44-46H2,1-10H3,(H,91,92)(H,93,94)(H,95,96). The molecule has 11 aromatic carbocycles. The van der Waals surface area contributed by atoms with Crippen molar-refractivity contribution in [1.82, 2.24) is 0 Å². The summed E-state index contributed by atoms with van der Waals surface area (Å²) in [5.74, 6) is -2.76. The Morgan fingerprint density at radius 3 is 0.919 bits per heavy atom. The highest BCUT2D eigenvalue weighted by atomic mass is 16.5. The maximum Gasteiger partial charge on any atom is 0.335 e. The fraction of sp³-hybridized carbons (Fsp3) is 0.198. The van der Waals surface area contributed by atoms with Gasteiger partial charge in [0.25, 0.3) is 0 Å². The van der Waals surface area contributed by atoms with E-state index in [2.05, 4.69) is 62.4 Å². The van der Waals surface area contributed by atoms with Crippen LogP contribution in [0.2, 0.25) is 0 Å². The van der Waals surface area contributed by atoms with Crippen molar-refractivity contribution in [3.05, 3.63) is 334 Å². The summed E-state index contributed by atoms with van der Waals surface area (Å²) < 4.78 is 21.1. The van der Waals surface area contributed by atoms with Gasteiger partial charge < -0.3 is 50.0 Å². The van der Waals surface area contributed by atoms with Crippen LogP contribution >= 0.6 is 0 Å². The third kappa shape index (κ3) is 14.9. The first kappa shape index (κ1) is 68.8. The third-order valence-electron chi connectivity index (χ3n) is 19.2. The average Bonchev–Trinajstić information content (AvgIpc) is 0.765. The van der Waals surface area contributed by atoms with Gasteiger partial charge in [-0.3, -0.25) is 0 Å². The van der Waals surface area contributed by atoms with Gasteiger partial charge in [0.15, 0.2) is 0 Å². The molecule has 502 valence electrons. The average molecular weight is 1320 g/mol. The number of ether oxygens (including phenoxy) is 3. The van der Waals surface area contributed by atoms with Crippen molar-refractivity contribution >= 4 is 17.9 Å². The van der Waals surface area contributed by atoms with Gasteiger partial charge in [-0.25, -0.2) is 14.4 Å². The SMILES string of the molecule is Cc1cc(C(c2cc(C)c(O)cc2C)c2cc(C(C)c3cc(-c4ccccc4)cc(C(C)c4ccc(OCc5ccc(C(=O)O)cc5)c(C(c5cc(C)c(O)cc5C)c5cc(C)c(O)cc5C)c4)c3OCc3ccc(C(=O)O)cc3)ccc2OCc2ccc(C(=O)O)cc2)c(C)cc1O. The number of hydrogen-bond acceptors (Lipinski definition) is 10. The van der Waals surface area contributed by atoms with Crippen molar-refractivity contribution in [1.29, 1.82) is 0 Å². The van der Waals surface area contributed by atoms with Crippen molar-refractivity contribution in [3.63, 3.8) is 0 Å². The second kappa shape index (κ2) is 29.0. The lowest BCUT2D eigenvalue weighted by Gasteiger charge is -2.29. The van der Waals surface area contributed by atoms with Gasteiger partial charge in [0.1, 0.15) is 60.1 Å². The van der Waals surface area contributed by atoms with E-state index in [4.69, 9.17) is 14.2 Å². The zero-order valence-corrected chi connectivity index (χ0v) is 57.1. The molecular weight excluding hydrogens is 1240 g/mol. The van der Waals surface area contributed by atoms with Crippen molar-refractivity contribution in [2.24, 2.45) is 0 Å². The van der Waals surface area contributed by atoms with Crippen LogP contribution in [-0.2, 0) is 19.8 Å². The maximum absolute atomic E-state index is 12.2. The lowest BCUT2D eigenvalue weighted by molar-refractivity contribution is 0.0686. The molecule has 0 radical (unpaired) electrons. The summed E-state index contributed by atoms with van der Waals surface area (Å²) in [4.78, 5) is 36.0. The van der Waals surface area contributed by atoms with Crippen LogP contribution in [0, 0.1) is 55.4 Å². The summed E-state index contributed by atoms with van der Waals surface area (Å²) in [6.45, 7) is 19.9. The van der Waals surface area contributed by atoms with Crippen LogP contribution in [0.15, 0.2) is 200 Å². The van der Waals surface area contributed by atoms with Crippen molar-refractivity contribution in [2.75, 3.05) is 0 Å². The number of rotatable bonds is 23. The van der Waals surface area contributed by atoms with Gasteiger partial charge in [-0.05, 0) is 246 Å². The largest absolute Gasteiger partial charge is 0.508 e. The molecule has 0 spiro atoms. The minimum absolute atomic E-state index is 0.0586. The van der Waals surface area contributed by atoms with Crippen molar-refractivity contribution < 1.29 is 64.3 Å². The third-order valence-corrected chi connectivity index (χ3v) is 19.2. The van der Waals surface area contributed by atoms with Crippen LogP contribution in [0.1, 0.15) is 185 Å². The van der Waals surface area contributed by atoms with E-state index in [0.29, 0.717) is 39.5 Å². The van der Waals surface area contributed by atoms with Gasteiger partial charge in [-0.2, -0.15) is 0 Å². The Hall–Kier alpha value is -11.6. The zero-order chi connectivity index (χ0) is 70.7. The van der Waals surface area contributed by atoms with Crippen LogP contribution in [0.3, 0.4) is 0 Å². The number of hydrogen-bond donors (Lipinski definition) is 7. The smallest absolute Gasteiger partial charge is 0.335 e. The highest BCUT2D eigenvalue weighted by Gasteiger charge is 2.32. The van der Waals surface area contributed by atoms with Gasteiger partial charge in [-0.1, -0.05) is 129 Å². The maximum atomic E-state index is 12.2. The predicted molar refractivity (Wildman–Crippen MR) is 385 cm³/mol. The van der Waals surface area contributed by atoms with E-state index in [0.717, 1.165) is 106 Å². The predicted octanol–water partition coefficient (Wildman–Crippen LogP) is 19.1. The molecule has 0 aromatic heterocycles. The zero-order valence-electron chi connectivity index (χ0n) is 57.1. The van der Waals surface area contributed by atoms with Crippen LogP contribution in [0.4, 0.5) is 0 Å². The van der Waals surface area contributed by atoms with E-state index >= 15 is 0 Å². The molecule has 0 aliphatic carbocycles. The number of aryl methyl sites for hydroxylation is 8. The molecule has 0 amide bonds. The number of phenolic OH excluding ortho intramolecular Hbond substituents is 4. The van der Waals surface area contributed by atoms with Crippen LogP contribution in [-0.4, -0.2) is 53.7 Å². The molecular formula is C86H80O13. The summed E-state index contributed by atoms with van der Waals surface area (Å²) in [5.41, 5.74) is 19.1. The van der Waals surface area contributed by atoms with Gasteiger partial charge >= 0.3 is 17.9 Å². The minimum atomic E-state index is -1.05. The summed E-state index contributed by atoms with van der Waals surface area (Å²) in [6.07, 6.45) is 0. The van der Waals surface area contributed by atoms with Crippen molar-refractivity contribution in [3.8, 4) is 51.4 Å².